The Hall–Kier alpha value is -2.24. The van der Waals surface area contributed by atoms with Crippen molar-refractivity contribution in [2.75, 3.05) is 6.54 Å². The molecule has 5 nitrogen and oxygen atoms in total. The Bertz CT molecular complexity index is 852. The van der Waals surface area contributed by atoms with Gasteiger partial charge in [0.2, 0.25) is 0 Å². The number of nitrogens with one attached hydrogen (secondary N) is 1. The van der Waals surface area contributed by atoms with Crippen LogP contribution in [-0.4, -0.2) is 32.7 Å². The highest BCUT2D eigenvalue weighted by Gasteiger charge is 2.23. The van der Waals surface area contributed by atoms with E-state index in [0.717, 1.165) is 41.3 Å². The largest absolute Gasteiger partial charge is 0.387 e. The second kappa shape index (κ2) is 6.34. The van der Waals surface area contributed by atoms with E-state index in [0.29, 0.717) is 12.6 Å². The van der Waals surface area contributed by atoms with Crippen LogP contribution in [0.5, 0.6) is 0 Å². The quantitative estimate of drug-likeness (QED) is 0.772. The summed E-state index contributed by atoms with van der Waals surface area (Å²) in [4.78, 5) is 0. The first-order valence-corrected chi connectivity index (χ1v) is 8.49. The highest BCUT2D eigenvalue weighted by molar-refractivity contribution is 5.85. The van der Waals surface area contributed by atoms with Crippen LogP contribution in [0.25, 0.3) is 10.8 Å². The zero-order valence-electron chi connectivity index (χ0n) is 13.8. The van der Waals surface area contributed by atoms with Crippen LogP contribution in [0.15, 0.2) is 42.5 Å². The summed E-state index contributed by atoms with van der Waals surface area (Å²) in [6, 6.07) is 14.7. The summed E-state index contributed by atoms with van der Waals surface area (Å²) < 4.78 is 1.87. The van der Waals surface area contributed by atoms with Gasteiger partial charge in [0, 0.05) is 26.1 Å². The molecule has 0 saturated carbocycles. The standard InChI is InChI=1S/C19H22N4O/c1-23-18-11-14(9-10-17(18)21-22-23)20-12-19(24)16-8-4-6-13-5-2-3-7-15(13)16/h2-8,14,19-20,24H,9-12H2,1H3/t14?,19-/m0/s1. The van der Waals surface area contributed by atoms with Crippen molar-refractivity contribution in [3.63, 3.8) is 0 Å². The third kappa shape index (κ3) is 2.81. The third-order valence-electron chi connectivity index (χ3n) is 4.97. The van der Waals surface area contributed by atoms with Gasteiger partial charge >= 0.3 is 0 Å². The maximum absolute atomic E-state index is 10.7. The molecule has 1 unspecified atom stereocenters. The Morgan fingerprint density at radius 1 is 1.25 bits per heavy atom. The molecule has 1 aliphatic carbocycles. The molecule has 2 aromatic carbocycles. The lowest BCUT2D eigenvalue weighted by Crippen LogP contribution is -2.37. The van der Waals surface area contributed by atoms with Gasteiger partial charge < -0.3 is 10.4 Å². The first-order valence-electron chi connectivity index (χ1n) is 8.49. The number of nitrogens with zero attached hydrogens (tertiary/aromatic N) is 3. The normalized spacial score (nSPS) is 18.5. The molecule has 24 heavy (non-hydrogen) atoms. The van der Waals surface area contributed by atoms with Crippen LogP contribution in [0.3, 0.4) is 0 Å². The van der Waals surface area contributed by atoms with Crippen molar-refractivity contribution < 1.29 is 5.11 Å². The van der Waals surface area contributed by atoms with E-state index >= 15 is 0 Å². The summed E-state index contributed by atoms with van der Waals surface area (Å²) in [5.41, 5.74) is 3.31. The van der Waals surface area contributed by atoms with Crippen molar-refractivity contribution in [3.8, 4) is 0 Å². The molecule has 2 atom stereocenters. The fourth-order valence-corrected chi connectivity index (χ4v) is 3.61. The van der Waals surface area contributed by atoms with Crippen molar-refractivity contribution >= 4 is 10.8 Å². The maximum atomic E-state index is 10.7. The zero-order chi connectivity index (χ0) is 16.5. The second-order valence-electron chi connectivity index (χ2n) is 6.54. The van der Waals surface area contributed by atoms with Gasteiger partial charge in [-0.25, -0.2) is 0 Å². The topological polar surface area (TPSA) is 63.0 Å². The highest BCUT2D eigenvalue weighted by Crippen LogP contribution is 2.24. The Kier molecular flexibility index (Phi) is 4.04. The van der Waals surface area contributed by atoms with Gasteiger partial charge in [0.1, 0.15) is 0 Å². The summed E-state index contributed by atoms with van der Waals surface area (Å²) in [6.45, 7) is 0.555. The molecule has 0 saturated heterocycles. The van der Waals surface area contributed by atoms with Crippen LogP contribution in [0, 0.1) is 0 Å². The molecule has 1 heterocycles. The lowest BCUT2D eigenvalue weighted by Gasteiger charge is -2.24. The van der Waals surface area contributed by atoms with Crippen LogP contribution < -0.4 is 5.32 Å². The van der Waals surface area contributed by atoms with Crippen molar-refractivity contribution in [2.45, 2.75) is 31.4 Å². The minimum Gasteiger partial charge on any atom is -0.387 e. The minimum atomic E-state index is -0.512. The van der Waals surface area contributed by atoms with Crippen molar-refractivity contribution in [1.29, 1.82) is 0 Å². The number of fused-ring (bicyclic) bond motifs is 2. The van der Waals surface area contributed by atoms with Gasteiger partial charge in [-0.2, -0.15) is 0 Å². The van der Waals surface area contributed by atoms with E-state index in [4.69, 9.17) is 0 Å². The van der Waals surface area contributed by atoms with Crippen LogP contribution >= 0.6 is 0 Å². The molecule has 5 heteroatoms. The number of aromatic nitrogens is 3. The summed E-state index contributed by atoms with van der Waals surface area (Å²) in [7, 11) is 1.94. The van der Waals surface area contributed by atoms with E-state index in [9.17, 15) is 5.11 Å². The van der Waals surface area contributed by atoms with E-state index in [-0.39, 0.29) is 0 Å². The van der Waals surface area contributed by atoms with E-state index in [1.54, 1.807) is 0 Å². The lowest BCUT2D eigenvalue weighted by molar-refractivity contribution is 0.169. The van der Waals surface area contributed by atoms with E-state index in [2.05, 4.69) is 33.8 Å². The SMILES string of the molecule is Cn1nnc2c1CC(NC[C@H](O)c1cccc3ccccc13)CC2. The Labute approximate surface area is 141 Å². The Morgan fingerprint density at radius 3 is 3.00 bits per heavy atom. The molecule has 3 aromatic rings. The first-order chi connectivity index (χ1) is 11.7. The molecule has 0 spiro atoms. The molecule has 0 bridgehead atoms. The number of rotatable bonds is 4. The Balaban J connectivity index is 1.45. The molecule has 1 aromatic heterocycles. The van der Waals surface area contributed by atoms with Crippen LogP contribution in [-0.2, 0) is 19.9 Å². The molecule has 0 amide bonds. The number of hydrogen-bond acceptors (Lipinski definition) is 4. The molecule has 4 rings (SSSR count). The van der Waals surface area contributed by atoms with Gasteiger partial charge in [-0.3, -0.25) is 4.68 Å². The molecule has 0 aliphatic heterocycles. The number of hydrogen-bond donors (Lipinski definition) is 2. The van der Waals surface area contributed by atoms with Crippen LogP contribution in [0.1, 0.15) is 29.5 Å². The molecule has 0 radical (unpaired) electrons. The van der Waals surface area contributed by atoms with Gasteiger partial charge in [0.05, 0.1) is 17.5 Å². The predicted octanol–water partition coefficient (Wildman–Crippen LogP) is 2.15. The first kappa shape index (κ1) is 15.3. The molecule has 1 aliphatic rings. The van der Waals surface area contributed by atoms with Gasteiger partial charge in [-0.1, -0.05) is 47.7 Å². The highest BCUT2D eigenvalue weighted by atomic mass is 16.3. The van der Waals surface area contributed by atoms with Gasteiger partial charge in [0.25, 0.3) is 0 Å². The number of aliphatic hydroxyl groups excluding tert-OH is 1. The maximum Gasteiger partial charge on any atom is 0.0920 e. The summed E-state index contributed by atoms with van der Waals surface area (Å²) in [5.74, 6) is 0. The average molecular weight is 322 g/mol. The second-order valence-corrected chi connectivity index (χ2v) is 6.54. The zero-order valence-corrected chi connectivity index (χ0v) is 13.8. The smallest absolute Gasteiger partial charge is 0.0920 e. The fourth-order valence-electron chi connectivity index (χ4n) is 3.61. The van der Waals surface area contributed by atoms with Gasteiger partial charge in [0.15, 0.2) is 0 Å². The predicted molar refractivity (Wildman–Crippen MR) is 93.7 cm³/mol. The monoisotopic (exact) mass is 322 g/mol. The van der Waals surface area contributed by atoms with Crippen molar-refractivity contribution in [2.24, 2.45) is 7.05 Å². The number of aliphatic hydroxyl groups is 1. The summed E-state index contributed by atoms with van der Waals surface area (Å²) in [5, 5.41) is 24.8. The van der Waals surface area contributed by atoms with Crippen LogP contribution in [0.2, 0.25) is 0 Å². The summed E-state index contributed by atoms with van der Waals surface area (Å²) in [6.07, 6.45) is 2.39. The lowest BCUT2D eigenvalue weighted by atomic mass is 9.95. The van der Waals surface area contributed by atoms with Crippen LogP contribution in [0.4, 0.5) is 0 Å². The third-order valence-corrected chi connectivity index (χ3v) is 4.97. The molecule has 2 N–H and O–H groups in total. The molecular formula is C19H22N4O. The number of aryl methyl sites for hydroxylation is 2. The van der Waals surface area contributed by atoms with Gasteiger partial charge in [-0.15, -0.1) is 5.10 Å². The molecular weight excluding hydrogens is 300 g/mol. The van der Waals surface area contributed by atoms with Gasteiger partial charge in [-0.05, 0) is 29.2 Å². The van der Waals surface area contributed by atoms with Crippen molar-refractivity contribution in [1.82, 2.24) is 20.3 Å². The fraction of sp³-hybridized carbons (Fsp3) is 0.368. The molecule has 0 fully saturated rings. The van der Waals surface area contributed by atoms with E-state index in [1.165, 1.54) is 5.69 Å². The van der Waals surface area contributed by atoms with E-state index < -0.39 is 6.10 Å². The summed E-state index contributed by atoms with van der Waals surface area (Å²) >= 11 is 0. The van der Waals surface area contributed by atoms with E-state index in [1.807, 2.05) is 36.0 Å². The number of benzene rings is 2. The average Bonchev–Trinajstić information content (AvgIpc) is 3.00. The minimum absolute atomic E-state index is 0.360. The Morgan fingerprint density at radius 2 is 2.08 bits per heavy atom. The van der Waals surface area contributed by atoms with Crippen molar-refractivity contribution in [3.05, 3.63) is 59.4 Å². The molecule has 124 valence electrons.